The molecule has 0 bridgehead atoms. The maximum Gasteiger partial charge on any atom is 0.246 e. The number of rotatable bonds is 4. The SMILES string of the molecule is C[C@@H]1CCCCN1C(=O)[C@@H](Cc1ccccc1)N1C(=O)[C@H]2CCCC[C@@H]2C1=O. The van der Waals surface area contributed by atoms with Crippen LogP contribution in [0.2, 0.25) is 0 Å². The minimum atomic E-state index is -0.714. The Bertz CT molecular complexity index is 723. The van der Waals surface area contributed by atoms with Crippen LogP contribution in [0.25, 0.3) is 0 Å². The monoisotopic (exact) mass is 382 g/mol. The first-order valence-electron chi connectivity index (χ1n) is 10.8. The lowest BCUT2D eigenvalue weighted by atomic mass is 9.81. The summed E-state index contributed by atoms with van der Waals surface area (Å²) in [5, 5.41) is 0. The molecule has 0 radical (unpaired) electrons. The van der Waals surface area contributed by atoms with E-state index in [0.29, 0.717) is 13.0 Å². The van der Waals surface area contributed by atoms with Crippen molar-refractivity contribution in [3.05, 3.63) is 35.9 Å². The third-order valence-corrected chi connectivity index (χ3v) is 6.83. The fraction of sp³-hybridized carbons (Fsp3) is 0.609. The van der Waals surface area contributed by atoms with E-state index in [4.69, 9.17) is 0 Å². The van der Waals surface area contributed by atoms with E-state index in [-0.39, 0.29) is 35.6 Å². The lowest BCUT2D eigenvalue weighted by Gasteiger charge is -2.38. The molecule has 150 valence electrons. The third-order valence-electron chi connectivity index (χ3n) is 6.83. The molecule has 0 aromatic heterocycles. The predicted octanol–water partition coefficient (Wildman–Crippen LogP) is 3.17. The highest BCUT2D eigenvalue weighted by Crippen LogP contribution is 2.39. The molecular formula is C23H30N2O3. The Balaban J connectivity index is 1.65. The van der Waals surface area contributed by atoms with E-state index in [1.807, 2.05) is 35.2 Å². The van der Waals surface area contributed by atoms with Gasteiger partial charge in [-0.2, -0.15) is 0 Å². The Kier molecular flexibility index (Phi) is 5.51. The highest BCUT2D eigenvalue weighted by atomic mass is 16.2. The first-order valence-corrected chi connectivity index (χ1v) is 10.8. The predicted molar refractivity (Wildman–Crippen MR) is 106 cm³/mol. The number of nitrogens with zero attached hydrogens (tertiary/aromatic N) is 2. The van der Waals surface area contributed by atoms with Crippen molar-refractivity contribution >= 4 is 17.7 Å². The Morgan fingerprint density at radius 3 is 2.18 bits per heavy atom. The first kappa shape index (κ1) is 19.2. The third kappa shape index (κ3) is 3.47. The molecule has 1 saturated carbocycles. The van der Waals surface area contributed by atoms with E-state index < -0.39 is 6.04 Å². The Labute approximate surface area is 167 Å². The zero-order valence-electron chi connectivity index (χ0n) is 16.7. The number of likely N-dealkylation sites (tertiary alicyclic amines) is 2. The van der Waals surface area contributed by atoms with Gasteiger partial charge in [-0.3, -0.25) is 19.3 Å². The number of fused-ring (bicyclic) bond motifs is 1. The van der Waals surface area contributed by atoms with Crippen molar-refractivity contribution in [3.8, 4) is 0 Å². The number of benzene rings is 1. The van der Waals surface area contributed by atoms with Crippen LogP contribution in [0.15, 0.2) is 30.3 Å². The molecule has 3 amide bonds. The van der Waals surface area contributed by atoms with Crippen LogP contribution >= 0.6 is 0 Å². The van der Waals surface area contributed by atoms with Crippen LogP contribution in [0.1, 0.15) is 57.4 Å². The average molecular weight is 383 g/mol. The van der Waals surface area contributed by atoms with Crippen molar-refractivity contribution < 1.29 is 14.4 Å². The Morgan fingerprint density at radius 2 is 1.57 bits per heavy atom. The average Bonchev–Trinajstić information content (AvgIpc) is 2.98. The number of imide groups is 1. The molecule has 28 heavy (non-hydrogen) atoms. The molecule has 5 heteroatoms. The summed E-state index contributed by atoms with van der Waals surface area (Å²) in [5.41, 5.74) is 0.987. The fourth-order valence-electron chi connectivity index (χ4n) is 5.24. The van der Waals surface area contributed by atoms with Crippen LogP contribution in [0.3, 0.4) is 0 Å². The molecule has 0 unspecified atom stereocenters. The van der Waals surface area contributed by atoms with Crippen molar-refractivity contribution in [2.45, 2.75) is 70.4 Å². The topological polar surface area (TPSA) is 57.7 Å². The van der Waals surface area contributed by atoms with Gasteiger partial charge in [-0.1, -0.05) is 43.2 Å². The van der Waals surface area contributed by atoms with Crippen molar-refractivity contribution in [2.24, 2.45) is 11.8 Å². The normalized spacial score (nSPS) is 29.0. The molecule has 1 aliphatic carbocycles. The number of hydrogen-bond donors (Lipinski definition) is 0. The van der Waals surface area contributed by atoms with E-state index >= 15 is 0 Å². The maximum absolute atomic E-state index is 13.6. The summed E-state index contributed by atoms with van der Waals surface area (Å²) in [6.45, 7) is 2.79. The van der Waals surface area contributed by atoms with Gasteiger partial charge in [-0.15, -0.1) is 0 Å². The van der Waals surface area contributed by atoms with Crippen LogP contribution in [0.5, 0.6) is 0 Å². The summed E-state index contributed by atoms with van der Waals surface area (Å²) in [4.78, 5) is 43.2. The van der Waals surface area contributed by atoms with Gasteiger partial charge in [0.15, 0.2) is 0 Å². The largest absolute Gasteiger partial charge is 0.338 e. The van der Waals surface area contributed by atoms with Crippen molar-refractivity contribution in [3.63, 3.8) is 0 Å². The molecule has 1 aromatic rings. The van der Waals surface area contributed by atoms with Crippen LogP contribution in [-0.4, -0.2) is 46.1 Å². The molecule has 0 N–H and O–H groups in total. The molecule has 2 aliphatic heterocycles. The molecule has 5 nitrogen and oxygen atoms in total. The van der Waals surface area contributed by atoms with Gasteiger partial charge in [0.05, 0.1) is 11.8 Å². The van der Waals surface area contributed by atoms with Crippen LogP contribution in [0, 0.1) is 11.8 Å². The molecule has 2 saturated heterocycles. The zero-order valence-corrected chi connectivity index (χ0v) is 16.7. The summed E-state index contributed by atoms with van der Waals surface area (Å²) in [6.07, 6.45) is 7.04. The molecular weight excluding hydrogens is 352 g/mol. The van der Waals surface area contributed by atoms with Crippen LogP contribution in [0.4, 0.5) is 0 Å². The molecule has 3 aliphatic rings. The second-order valence-electron chi connectivity index (χ2n) is 8.63. The van der Waals surface area contributed by atoms with Crippen molar-refractivity contribution in [2.75, 3.05) is 6.54 Å². The molecule has 4 rings (SSSR count). The van der Waals surface area contributed by atoms with Gasteiger partial charge in [0.1, 0.15) is 6.04 Å². The van der Waals surface area contributed by atoms with Gasteiger partial charge in [0.25, 0.3) is 0 Å². The Hall–Kier alpha value is -2.17. The lowest BCUT2D eigenvalue weighted by molar-refractivity contribution is -0.153. The second kappa shape index (κ2) is 8.06. The second-order valence-corrected chi connectivity index (χ2v) is 8.63. The van der Waals surface area contributed by atoms with E-state index in [9.17, 15) is 14.4 Å². The highest BCUT2D eigenvalue weighted by molar-refractivity contribution is 6.08. The van der Waals surface area contributed by atoms with Crippen molar-refractivity contribution in [1.82, 2.24) is 9.80 Å². The smallest absolute Gasteiger partial charge is 0.246 e. The van der Waals surface area contributed by atoms with E-state index in [1.54, 1.807) is 0 Å². The quantitative estimate of drug-likeness (QED) is 0.752. The van der Waals surface area contributed by atoms with Gasteiger partial charge >= 0.3 is 0 Å². The number of amides is 3. The fourth-order valence-corrected chi connectivity index (χ4v) is 5.24. The molecule has 2 heterocycles. The van der Waals surface area contributed by atoms with Gasteiger partial charge in [-0.25, -0.2) is 0 Å². The van der Waals surface area contributed by atoms with Crippen LogP contribution < -0.4 is 0 Å². The lowest BCUT2D eigenvalue weighted by Crippen LogP contribution is -2.55. The minimum Gasteiger partial charge on any atom is -0.338 e. The van der Waals surface area contributed by atoms with E-state index in [1.165, 1.54) is 4.90 Å². The standard InChI is InChI=1S/C23H30N2O3/c1-16-9-7-8-14-24(16)23(28)20(15-17-10-3-2-4-11-17)25-21(26)18-12-5-6-13-19(18)22(25)27/h2-4,10-11,16,18-20H,5-9,12-15H2,1H3/t16-,18+,19+,20-/m1/s1. The molecule has 4 atom stereocenters. The van der Waals surface area contributed by atoms with Crippen molar-refractivity contribution in [1.29, 1.82) is 0 Å². The van der Waals surface area contributed by atoms with Crippen LogP contribution in [-0.2, 0) is 20.8 Å². The number of carbonyl (C=O) groups excluding carboxylic acids is 3. The summed E-state index contributed by atoms with van der Waals surface area (Å²) in [5.74, 6) is -0.726. The highest BCUT2D eigenvalue weighted by Gasteiger charge is 2.52. The number of carbonyl (C=O) groups is 3. The summed E-state index contributed by atoms with van der Waals surface area (Å²) >= 11 is 0. The zero-order chi connectivity index (χ0) is 19.7. The van der Waals surface area contributed by atoms with Gasteiger partial charge in [-0.05, 0) is 44.6 Å². The Morgan fingerprint density at radius 1 is 0.964 bits per heavy atom. The van der Waals surface area contributed by atoms with E-state index in [2.05, 4.69) is 6.92 Å². The first-order chi connectivity index (χ1) is 13.6. The number of hydrogen-bond acceptors (Lipinski definition) is 3. The van der Waals surface area contributed by atoms with E-state index in [0.717, 1.165) is 50.5 Å². The minimum absolute atomic E-state index is 0.0589. The summed E-state index contributed by atoms with van der Waals surface area (Å²) in [6, 6.07) is 9.20. The summed E-state index contributed by atoms with van der Waals surface area (Å²) < 4.78 is 0. The van der Waals surface area contributed by atoms with Gasteiger partial charge in [0, 0.05) is 19.0 Å². The van der Waals surface area contributed by atoms with Gasteiger partial charge < -0.3 is 4.90 Å². The molecule has 0 spiro atoms. The maximum atomic E-state index is 13.6. The molecule has 3 fully saturated rings. The molecule has 1 aromatic carbocycles. The summed E-state index contributed by atoms with van der Waals surface area (Å²) in [7, 11) is 0. The number of piperidine rings is 1. The van der Waals surface area contributed by atoms with Gasteiger partial charge in [0.2, 0.25) is 17.7 Å².